The van der Waals surface area contributed by atoms with Crippen molar-refractivity contribution in [2.45, 2.75) is 49.7 Å². The summed E-state index contributed by atoms with van der Waals surface area (Å²) in [5.74, 6) is 1.84. The van der Waals surface area contributed by atoms with Crippen molar-refractivity contribution in [3.05, 3.63) is 24.3 Å². The highest BCUT2D eigenvalue weighted by molar-refractivity contribution is 8.00. The van der Waals surface area contributed by atoms with Crippen molar-refractivity contribution in [1.29, 1.82) is 0 Å². The number of hydrogen-bond acceptors (Lipinski definition) is 4. The second-order valence-corrected chi connectivity index (χ2v) is 8.37. The number of ether oxygens (including phenoxy) is 1. The van der Waals surface area contributed by atoms with Crippen LogP contribution in [0.4, 0.5) is 0 Å². The number of nitrogens with one attached hydrogen (secondary N) is 1. The van der Waals surface area contributed by atoms with Gasteiger partial charge in [-0.15, -0.1) is 11.8 Å². The fourth-order valence-electron chi connectivity index (χ4n) is 3.01. The minimum absolute atomic E-state index is 0.0861. The highest BCUT2D eigenvalue weighted by Gasteiger charge is 2.16. The maximum atomic E-state index is 12.2. The van der Waals surface area contributed by atoms with Crippen molar-refractivity contribution in [1.82, 2.24) is 10.2 Å². The third-order valence-electron chi connectivity index (χ3n) is 4.82. The molecule has 1 aromatic rings. The Morgan fingerprint density at radius 1 is 1.28 bits per heavy atom. The van der Waals surface area contributed by atoms with Gasteiger partial charge in [0.05, 0.1) is 12.4 Å². The van der Waals surface area contributed by atoms with Gasteiger partial charge in [0.2, 0.25) is 5.91 Å². The Labute approximate surface area is 156 Å². The number of nitrogens with zero attached hydrogens (tertiary/aromatic N) is 1. The van der Waals surface area contributed by atoms with Gasteiger partial charge in [0.25, 0.3) is 0 Å². The zero-order valence-corrected chi connectivity index (χ0v) is 16.6. The normalized spacial score (nSPS) is 17.2. The molecule has 1 fully saturated rings. The van der Waals surface area contributed by atoms with Crippen LogP contribution in [0.25, 0.3) is 0 Å². The van der Waals surface area contributed by atoms with Crippen LogP contribution in [0.15, 0.2) is 29.2 Å². The summed E-state index contributed by atoms with van der Waals surface area (Å²) in [5, 5.41) is 2.98. The Morgan fingerprint density at radius 2 is 1.96 bits per heavy atom. The van der Waals surface area contributed by atoms with Crippen molar-refractivity contribution in [2.24, 2.45) is 5.92 Å². The molecule has 25 heavy (non-hydrogen) atoms. The van der Waals surface area contributed by atoms with Gasteiger partial charge in [0.1, 0.15) is 5.75 Å². The molecule has 1 aromatic carbocycles. The van der Waals surface area contributed by atoms with E-state index in [9.17, 15) is 4.79 Å². The van der Waals surface area contributed by atoms with Crippen LogP contribution in [-0.2, 0) is 4.79 Å². The average molecular weight is 365 g/mol. The van der Waals surface area contributed by atoms with Crippen LogP contribution < -0.4 is 10.1 Å². The van der Waals surface area contributed by atoms with Crippen molar-refractivity contribution in [3.8, 4) is 5.75 Å². The smallest absolute Gasteiger partial charge is 0.233 e. The molecule has 1 N–H and O–H groups in total. The van der Waals surface area contributed by atoms with Crippen LogP contribution in [0.2, 0.25) is 0 Å². The summed E-state index contributed by atoms with van der Waals surface area (Å²) in [6.45, 7) is 8.72. The molecule has 0 aliphatic carbocycles. The van der Waals surface area contributed by atoms with Gasteiger partial charge in [-0.1, -0.05) is 6.92 Å². The number of likely N-dealkylation sites (tertiary alicyclic amines) is 1. The molecule has 1 heterocycles. The number of benzene rings is 1. The Morgan fingerprint density at radius 3 is 2.60 bits per heavy atom. The third kappa shape index (κ3) is 7.28. The number of carbonyl (C=O) groups is 1. The summed E-state index contributed by atoms with van der Waals surface area (Å²) in [5.41, 5.74) is 0. The van der Waals surface area contributed by atoms with Gasteiger partial charge >= 0.3 is 0 Å². The van der Waals surface area contributed by atoms with Crippen LogP contribution in [0.1, 0.15) is 39.5 Å². The van der Waals surface area contributed by atoms with Gasteiger partial charge in [-0.3, -0.25) is 4.79 Å². The predicted octanol–water partition coefficient (Wildman–Crippen LogP) is 3.80. The number of rotatable bonds is 9. The lowest BCUT2D eigenvalue weighted by atomic mass is 9.99. The molecule has 0 aromatic heterocycles. The van der Waals surface area contributed by atoms with E-state index < -0.39 is 0 Å². The summed E-state index contributed by atoms with van der Waals surface area (Å²) in [6, 6.07) is 7.84. The van der Waals surface area contributed by atoms with Crippen LogP contribution in [0, 0.1) is 5.92 Å². The maximum Gasteiger partial charge on any atom is 0.233 e. The number of hydrogen-bond donors (Lipinski definition) is 1. The largest absolute Gasteiger partial charge is 0.497 e. The predicted molar refractivity (Wildman–Crippen MR) is 105 cm³/mol. The highest BCUT2D eigenvalue weighted by atomic mass is 32.2. The standard InChI is InChI=1S/C20H32N2O2S/c1-16-10-14-22(15-11-16)13-5-4-12-21-20(23)17(2)25-19-8-6-18(24-3)7-9-19/h6-9,16-17H,4-5,10-15H2,1-3H3,(H,21,23). The number of amides is 1. The zero-order valence-electron chi connectivity index (χ0n) is 15.8. The molecule has 5 heteroatoms. The SMILES string of the molecule is COc1ccc(SC(C)C(=O)NCCCCN2CCC(C)CC2)cc1. The Hall–Kier alpha value is -1.20. The van der Waals surface area contributed by atoms with Crippen LogP contribution in [-0.4, -0.2) is 49.3 Å². The molecule has 1 atom stereocenters. The van der Waals surface area contributed by atoms with Gasteiger partial charge in [0.15, 0.2) is 0 Å². The molecule has 2 rings (SSSR count). The molecule has 1 aliphatic heterocycles. The van der Waals surface area contributed by atoms with E-state index in [0.717, 1.165) is 35.9 Å². The van der Waals surface area contributed by atoms with E-state index in [-0.39, 0.29) is 11.2 Å². The Kier molecular flexibility index (Phi) is 8.62. The van der Waals surface area contributed by atoms with Gasteiger partial charge < -0.3 is 15.0 Å². The molecule has 0 radical (unpaired) electrons. The summed E-state index contributed by atoms with van der Waals surface area (Å²) in [6.07, 6.45) is 4.88. The van der Waals surface area contributed by atoms with E-state index >= 15 is 0 Å². The lowest BCUT2D eigenvalue weighted by Crippen LogP contribution is -2.34. The number of methoxy groups -OCH3 is 1. The first-order valence-corrected chi connectivity index (χ1v) is 10.3. The van der Waals surface area contributed by atoms with Gasteiger partial charge in [0, 0.05) is 11.4 Å². The quantitative estimate of drug-likeness (QED) is 0.534. The second kappa shape index (κ2) is 10.7. The first kappa shape index (κ1) is 20.1. The van der Waals surface area contributed by atoms with Gasteiger partial charge in [-0.25, -0.2) is 0 Å². The minimum Gasteiger partial charge on any atom is -0.497 e. The van der Waals surface area contributed by atoms with E-state index in [1.807, 2.05) is 31.2 Å². The maximum absolute atomic E-state index is 12.2. The van der Waals surface area contributed by atoms with Gasteiger partial charge in [-0.2, -0.15) is 0 Å². The molecular formula is C20H32N2O2S. The summed E-state index contributed by atoms with van der Waals surface area (Å²) >= 11 is 1.58. The van der Waals surface area contributed by atoms with Crippen molar-refractivity contribution >= 4 is 17.7 Å². The molecule has 4 nitrogen and oxygen atoms in total. The van der Waals surface area contributed by atoms with E-state index in [1.54, 1.807) is 18.9 Å². The minimum atomic E-state index is -0.0861. The number of piperidine rings is 1. The first-order valence-electron chi connectivity index (χ1n) is 9.39. The van der Waals surface area contributed by atoms with Crippen LogP contribution in [0.3, 0.4) is 0 Å². The lowest BCUT2D eigenvalue weighted by Gasteiger charge is -2.30. The molecular weight excluding hydrogens is 332 g/mol. The van der Waals surface area contributed by atoms with E-state index in [4.69, 9.17) is 4.74 Å². The molecule has 0 bridgehead atoms. The van der Waals surface area contributed by atoms with E-state index in [2.05, 4.69) is 17.1 Å². The first-order chi connectivity index (χ1) is 12.1. The second-order valence-electron chi connectivity index (χ2n) is 6.96. The monoisotopic (exact) mass is 364 g/mol. The summed E-state index contributed by atoms with van der Waals surface area (Å²) in [7, 11) is 1.66. The Balaban J connectivity index is 1.57. The van der Waals surface area contributed by atoms with Crippen LogP contribution >= 0.6 is 11.8 Å². The molecule has 1 amide bonds. The van der Waals surface area contributed by atoms with E-state index in [1.165, 1.54) is 32.5 Å². The molecule has 1 aliphatic rings. The van der Waals surface area contributed by atoms with Crippen molar-refractivity contribution in [3.63, 3.8) is 0 Å². The highest BCUT2D eigenvalue weighted by Crippen LogP contribution is 2.25. The Bertz CT molecular complexity index is 513. The number of thioether (sulfide) groups is 1. The van der Waals surface area contributed by atoms with Crippen molar-refractivity contribution < 1.29 is 9.53 Å². The molecule has 1 saturated heterocycles. The molecule has 0 saturated carbocycles. The number of carbonyl (C=O) groups excluding carboxylic acids is 1. The van der Waals surface area contributed by atoms with E-state index in [0.29, 0.717) is 0 Å². The third-order valence-corrected chi connectivity index (χ3v) is 5.93. The molecule has 1 unspecified atom stereocenters. The topological polar surface area (TPSA) is 41.6 Å². The molecule has 0 spiro atoms. The summed E-state index contributed by atoms with van der Waals surface area (Å²) < 4.78 is 5.15. The average Bonchev–Trinajstić information content (AvgIpc) is 2.63. The zero-order chi connectivity index (χ0) is 18.1. The summed E-state index contributed by atoms with van der Waals surface area (Å²) in [4.78, 5) is 15.8. The lowest BCUT2D eigenvalue weighted by molar-refractivity contribution is -0.120. The number of unbranched alkanes of at least 4 members (excludes halogenated alkanes) is 1. The van der Waals surface area contributed by atoms with Crippen LogP contribution in [0.5, 0.6) is 5.75 Å². The van der Waals surface area contributed by atoms with Gasteiger partial charge in [-0.05, 0) is 82.4 Å². The van der Waals surface area contributed by atoms with Crippen molar-refractivity contribution in [2.75, 3.05) is 33.3 Å². The molecule has 140 valence electrons. The fraction of sp³-hybridized carbons (Fsp3) is 0.650. The fourth-order valence-corrected chi connectivity index (χ4v) is 3.91.